The molecule has 1 unspecified atom stereocenters. The lowest BCUT2D eigenvalue weighted by Crippen LogP contribution is -2.42. The molecule has 0 spiro atoms. The molecule has 1 aliphatic rings. The molecule has 1 atom stereocenters. The molecule has 2 rings (SSSR count). The summed E-state index contributed by atoms with van der Waals surface area (Å²) in [6.45, 7) is 7.41. The Hall–Kier alpha value is -0.910. The van der Waals surface area contributed by atoms with Crippen LogP contribution in [0, 0.1) is 26.7 Å². The van der Waals surface area contributed by atoms with E-state index < -0.39 is 15.6 Å². The van der Waals surface area contributed by atoms with Gasteiger partial charge in [0.05, 0.1) is 10.5 Å². The maximum atomic E-state index is 12.4. The predicted molar refractivity (Wildman–Crippen MR) is 79.2 cm³/mol. The Kier molecular flexibility index (Phi) is 3.97. The topological polar surface area (TPSA) is 66.4 Å². The highest BCUT2D eigenvalue weighted by molar-refractivity contribution is 7.89. The zero-order valence-electron chi connectivity index (χ0n) is 12.5. The van der Waals surface area contributed by atoms with Crippen molar-refractivity contribution >= 4 is 10.0 Å². The van der Waals surface area contributed by atoms with Gasteiger partial charge in [-0.25, -0.2) is 13.1 Å². The van der Waals surface area contributed by atoms with Crippen LogP contribution in [-0.4, -0.2) is 25.7 Å². The van der Waals surface area contributed by atoms with Gasteiger partial charge in [0.15, 0.2) is 0 Å². The van der Waals surface area contributed by atoms with Gasteiger partial charge in [0.1, 0.15) is 0 Å². The molecule has 20 heavy (non-hydrogen) atoms. The van der Waals surface area contributed by atoms with Crippen LogP contribution >= 0.6 is 0 Å². The highest BCUT2D eigenvalue weighted by Crippen LogP contribution is 2.39. The van der Waals surface area contributed by atoms with Crippen molar-refractivity contribution in [2.45, 2.75) is 51.0 Å². The number of hydrogen-bond donors (Lipinski definition) is 2. The fraction of sp³-hybridized carbons (Fsp3) is 0.600. The molecule has 1 aromatic rings. The molecule has 0 amide bonds. The van der Waals surface area contributed by atoms with Crippen LogP contribution in [0.4, 0.5) is 0 Å². The van der Waals surface area contributed by atoms with Crippen molar-refractivity contribution in [3.8, 4) is 0 Å². The van der Waals surface area contributed by atoms with Gasteiger partial charge in [0.2, 0.25) is 10.0 Å². The van der Waals surface area contributed by atoms with Crippen LogP contribution in [0.15, 0.2) is 17.0 Å². The number of rotatable bonds is 5. The van der Waals surface area contributed by atoms with Crippen LogP contribution in [0.1, 0.15) is 36.5 Å². The van der Waals surface area contributed by atoms with Crippen LogP contribution < -0.4 is 4.72 Å². The van der Waals surface area contributed by atoms with Gasteiger partial charge in [-0.2, -0.15) is 0 Å². The van der Waals surface area contributed by atoms with Crippen molar-refractivity contribution in [1.29, 1.82) is 0 Å². The van der Waals surface area contributed by atoms with Crippen molar-refractivity contribution in [3.05, 3.63) is 28.8 Å². The van der Waals surface area contributed by atoms with Crippen LogP contribution in [0.3, 0.4) is 0 Å². The zero-order chi connectivity index (χ0) is 15.1. The summed E-state index contributed by atoms with van der Waals surface area (Å²) in [7, 11) is -3.58. The number of aliphatic hydroxyl groups is 1. The molecule has 4 nitrogen and oxygen atoms in total. The van der Waals surface area contributed by atoms with E-state index in [0.717, 1.165) is 29.5 Å². The Morgan fingerprint density at radius 2 is 1.75 bits per heavy atom. The minimum absolute atomic E-state index is 0.0619. The predicted octanol–water partition coefficient (Wildman–Crippen LogP) is 2.05. The second kappa shape index (κ2) is 5.13. The largest absolute Gasteiger partial charge is 0.389 e. The third-order valence-electron chi connectivity index (χ3n) is 4.16. The standard InChI is InChI=1S/C15H23NO3S/c1-10-7-12(3)14(8-11(10)2)20(18,19)16-9-15(4,17)13-5-6-13/h7-8,13,16-17H,5-6,9H2,1-4H3. The molecular weight excluding hydrogens is 274 g/mol. The summed E-state index contributed by atoms with van der Waals surface area (Å²) in [5, 5.41) is 10.2. The Balaban J connectivity index is 2.20. The van der Waals surface area contributed by atoms with E-state index in [2.05, 4.69) is 4.72 Å². The number of aryl methyl sites for hydroxylation is 3. The molecule has 112 valence electrons. The second-order valence-electron chi connectivity index (χ2n) is 6.16. The molecular formula is C15H23NO3S. The summed E-state index contributed by atoms with van der Waals surface area (Å²) in [5.74, 6) is 0.214. The Labute approximate surface area is 121 Å². The Morgan fingerprint density at radius 1 is 1.20 bits per heavy atom. The van der Waals surface area contributed by atoms with E-state index in [1.54, 1.807) is 19.9 Å². The first-order valence-corrected chi connectivity index (χ1v) is 8.42. The van der Waals surface area contributed by atoms with Crippen molar-refractivity contribution in [1.82, 2.24) is 4.72 Å². The van der Waals surface area contributed by atoms with Crippen molar-refractivity contribution in [2.24, 2.45) is 5.92 Å². The van der Waals surface area contributed by atoms with Gasteiger partial charge in [0.25, 0.3) is 0 Å². The minimum atomic E-state index is -3.58. The van der Waals surface area contributed by atoms with E-state index >= 15 is 0 Å². The first-order valence-electron chi connectivity index (χ1n) is 6.93. The molecule has 1 aliphatic carbocycles. The molecule has 1 fully saturated rings. The molecule has 0 radical (unpaired) electrons. The summed E-state index contributed by atoms with van der Waals surface area (Å²) in [5.41, 5.74) is 1.80. The average Bonchev–Trinajstić information content (AvgIpc) is 3.16. The van der Waals surface area contributed by atoms with Gasteiger partial charge in [-0.05, 0) is 69.2 Å². The maximum absolute atomic E-state index is 12.4. The summed E-state index contributed by atoms with van der Waals surface area (Å²) in [6.07, 6.45) is 1.94. The first kappa shape index (κ1) is 15.5. The van der Waals surface area contributed by atoms with Gasteiger partial charge in [0, 0.05) is 6.54 Å². The van der Waals surface area contributed by atoms with E-state index in [9.17, 15) is 13.5 Å². The van der Waals surface area contributed by atoms with Gasteiger partial charge < -0.3 is 5.11 Å². The molecule has 0 bridgehead atoms. The van der Waals surface area contributed by atoms with Gasteiger partial charge in [-0.1, -0.05) is 6.07 Å². The molecule has 1 saturated carbocycles. The lowest BCUT2D eigenvalue weighted by molar-refractivity contribution is 0.0422. The van der Waals surface area contributed by atoms with Gasteiger partial charge in [-0.3, -0.25) is 0 Å². The van der Waals surface area contributed by atoms with E-state index in [0.29, 0.717) is 4.90 Å². The lowest BCUT2D eigenvalue weighted by atomic mass is 10.0. The Morgan fingerprint density at radius 3 is 2.30 bits per heavy atom. The van der Waals surface area contributed by atoms with Gasteiger partial charge in [-0.15, -0.1) is 0 Å². The third-order valence-corrected chi connectivity index (χ3v) is 5.70. The van der Waals surface area contributed by atoms with Crippen molar-refractivity contribution < 1.29 is 13.5 Å². The number of sulfonamides is 1. The van der Waals surface area contributed by atoms with Gasteiger partial charge >= 0.3 is 0 Å². The fourth-order valence-electron chi connectivity index (χ4n) is 2.39. The molecule has 0 heterocycles. The van der Waals surface area contributed by atoms with Crippen molar-refractivity contribution in [3.63, 3.8) is 0 Å². The van der Waals surface area contributed by atoms with E-state index in [4.69, 9.17) is 0 Å². The monoisotopic (exact) mass is 297 g/mol. The smallest absolute Gasteiger partial charge is 0.240 e. The van der Waals surface area contributed by atoms with E-state index in [1.807, 2.05) is 19.9 Å². The average molecular weight is 297 g/mol. The fourth-order valence-corrected chi connectivity index (χ4v) is 3.84. The quantitative estimate of drug-likeness (QED) is 0.874. The van der Waals surface area contributed by atoms with Crippen molar-refractivity contribution in [2.75, 3.05) is 6.54 Å². The molecule has 2 N–H and O–H groups in total. The summed E-state index contributed by atoms with van der Waals surface area (Å²) in [6, 6.07) is 3.57. The summed E-state index contributed by atoms with van der Waals surface area (Å²) >= 11 is 0. The molecule has 0 aromatic heterocycles. The molecule has 0 aliphatic heterocycles. The third kappa shape index (κ3) is 3.22. The molecule has 5 heteroatoms. The van der Waals surface area contributed by atoms with Crippen LogP contribution in [0.25, 0.3) is 0 Å². The minimum Gasteiger partial charge on any atom is -0.389 e. The number of hydrogen-bond acceptors (Lipinski definition) is 3. The van der Waals surface area contributed by atoms with E-state index in [1.165, 1.54) is 0 Å². The van der Waals surface area contributed by atoms with Crippen LogP contribution in [0.5, 0.6) is 0 Å². The number of benzene rings is 1. The maximum Gasteiger partial charge on any atom is 0.240 e. The molecule has 0 saturated heterocycles. The lowest BCUT2D eigenvalue weighted by Gasteiger charge is -2.23. The number of nitrogens with one attached hydrogen (secondary N) is 1. The highest BCUT2D eigenvalue weighted by Gasteiger charge is 2.40. The van der Waals surface area contributed by atoms with Crippen LogP contribution in [0.2, 0.25) is 0 Å². The SMILES string of the molecule is Cc1cc(C)c(S(=O)(=O)NCC(C)(O)C2CC2)cc1C. The normalized spacial score (nSPS) is 18.9. The Bertz CT molecular complexity index is 616. The first-order chi connectivity index (χ1) is 9.13. The molecule has 1 aromatic carbocycles. The van der Waals surface area contributed by atoms with Crippen LogP contribution in [-0.2, 0) is 10.0 Å². The zero-order valence-corrected chi connectivity index (χ0v) is 13.3. The second-order valence-corrected chi connectivity index (χ2v) is 7.89. The van der Waals surface area contributed by atoms with E-state index in [-0.39, 0.29) is 12.5 Å². The highest BCUT2D eigenvalue weighted by atomic mass is 32.2. The summed E-state index contributed by atoms with van der Waals surface area (Å²) in [4.78, 5) is 0.298. The summed E-state index contributed by atoms with van der Waals surface area (Å²) < 4.78 is 27.3.